The average molecular weight is 333 g/mol. The van der Waals surface area contributed by atoms with E-state index in [1.54, 1.807) is 0 Å². The molecule has 3 heteroatoms. The minimum absolute atomic E-state index is 0.0600. The lowest BCUT2D eigenvalue weighted by Crippen LogP contribution is -2.20. The molecular weight excluding hydrogens is 316 g/mol. The Bertz CT molecular complexity index is 563. The van der Waals surface area contributed by atoms with Crippen LogP contribution in [-0.4, -0.2) is 13.1 Å². The zero-order chi connectivity index (χ0) is 14.5. The molecule has 0 amide bonds. The zero-order valence-electron chi connectivity index (χ0n) is 11.5. The van der Waals surface area contributed by atoms with Crippen LogP contribution in [-0.2, 0) is 9.53 Å². The highest BCUT2D eigenvalue weighted by Crippen LogP contribution is 2.34. The van der Waals surface area contributed by atoms with Gasteiger partial charge in [0.15, 0.2) is 0 Å². The summed E-state index contributed by atoms with van der Waals surface area (Å²) in [4.78, 5) is 12.2. The number of esters is 1. The molecule has 0 saturated heterocycles. The van der Waals surface area contributed by atoms with Gasteiger partial charge in [0.2, 0.25) is 0 Å². The van der Waals surface area contributed by atoms with Crippen molar-refractivity contribution < 1.29 is 9.53 Å². The van der Waals surface area contributed by atoms with Gasteiger partial charge >= 0.3 is 5.97 Å². The van der Waals surface area contributed by atoms with Crippen molar-refractivity contribution in [1.82, 2.24) is 0 Å². The third kappa shape index (κ3) is 3.28. The van der Waals surface area contributed by atoms with Crippen LogP contribution in [0.15, 0.2) is 59.1 Å². The molecule has 2 aromatic carbocycles. The van der Waals surface area contributed by atoms with Crippen LogP contribution in [0.3, 0.4) is 0 Å². The highest BCUT2D eigenvalue weighted by molar-refractivity contribution is 9.10. The molecule has 20 heavy (non-hydrogen) atoms. The van der Waals surface area contributed by atoms with E-state index in [2.05, 4.69) is 22.9 Å². The summed E-state index contributed by atoms with van der Waals surface area (Å²) in [6.07, 6.45) is 0. The topological polar surface area (TPSA) is 26.3 Å². The molecule has 2 rings (SSSR count). The first kappa shape index (κ1) is 14.8. The van der Waals surface area contributed by atoms with Crippen molar-refractivity contribution in [2.45, 2.75) is 18.8 Å². The fourth-order valence-electron chi connectivity index (χ4n) is 2.38. The highest BCUT2D eigenvalue weighted by Gasteiger charge is 2.28. The van der Waals surface area contributed by atoms with Gasteiger partial charge in [-0.3, -0.25) is 4.79 Å². The van der Waals surface area contributed by atoms with Crippen LogP contribution in [0.4, 0.5) is 0 Å². The van der Waals surface area contributed by atoms with E-state index in [1.165, 1.54) is 7.11 Å². The Morgan fingerprint density at radius 3 is 2.15 bits per heavy atom. The number of methoxy groups -OCH3 is 1. The van der Waals surface area contributed by atoms with Crippen LogP contribution in [0.1, 0.15) is 29.9 Å². The number of benzene rings is 2. The normalized spacial score (nSPS) is 13.6. The van der Waals surface area contributed by atoms with Crippen molar-refractivity contribution >= 4 is 21.9 Å². The number of carbonyl (C=O) groups is 1. The number of rotatable bonds is 4. The molecule has 0 heterocycles. The number of carbonyl (C=O) groups excluding carboxylic acids is 1. The van der Waals surface area contributed by atoms with Gasteiger partial charge in [-0.25, -0.2) is 0 Å². The van der Waals surface area contributed by atoms with E-state index in [4.69, 9.17) is 4.74 Å². The molecule has 0 bridgehead atoms. The lowest BCUT2D eigenvalue weighted by Gasteiger charge is -2.22. The summed E-state index contributed by atoms with van der Waals surface area (Å²) in [7, 11) is 1.44. The number of halogens is 1. The molecule has 2 nitrogen and oxygen atoms in total. The Morgan fingerprint density at radius 2 is 1.60 bits per heavy atom. The van der Waals surface area contributed by atoms with Gasteiger partial charge in [-0.05, 0) is 29.2 Å². The number of hydrogen-bond acceptors (Lipinski definition) is 2. The van der Waals surface area contributed by atoms with Crippen LogP contribution in [0, 0.1) is 0 Å². The van der Waals surface area contributed by atoms with Crippen LogP contribution in [0.5, 0.6) is 0 Å². The predicted molar refractivity (Wildman–Crippen MR) is 83.8 cm³/mol. The summed E-state index contributed by atoms with van der Waals surface area (Å²) in [5, 5.41) is 0. The van der Waals surface area contributed by atoms with E-state index in [0.717, 1.165) is 15.6 Å². The molecule has 0 radical (unpaired) electrons. The van der Waals surface area contributed by atoms with Crippen molar-refractivity contribution in [2.75, 3.05) is 7.11 Å². The van der Waals surface area contributed by atoms with Crippen molar-refractivity contribution in [3.8, 4) is 0 Å². The second-order valence-corrected chi connectivity index (χ2v) is 5.67. The average Bonchev–Trinajstić information content (AvgIpc) is 2.50. The van der Waals surface area contributed by atoms with Crippen molar-refractivity contribution in [2.24, 2.45) is 0 Å². The maximum absolute atomic E-state index is 12.2. The van der Waals surface area contributed by atoms with E-state index >= 15 is 0 Å². The summed E-state index contributed by atoms with van der Waals surface area (Å²) in [5.41, 5.74) is 2.10. The molecule has 104 valence electrons. The van der Waals surface area contributed by atoms with Gasteiger partial charge in [-0.1, -0.05) is 65.3 Å². The van der Waals surface area contributed by atoms with Gasteiger partial charge in [0.1, 0.15) is 0 Å². The molecule has 0 aromatic heterocycles. The lowest BCUT2D eigenvalue weighted by molar-refractivity contribution is -0.142. The van der Waals surface area contributed by atoms with E-state index in [1.807, 2.05) is 54.6 Å². The molecule has 0 aliphatic rings. The Kier molecular flexibility index (Phi) is 4.96. The van der Waals surface area contributed by atoms with Crippen LogP contribution in [0.2, 0.25) is 0 Å². The third-order valence-electron chi connectivity index (χ3n) is 3.51. The van der Waals surface area contributed by atoms with Crippen LogP contribution >= 0.6 is 15.9 Å². The Morgan fingerprint density at radius 1 is 1.00 bits per heavy atom. The van der Waals surface area contributed by atoms with Crippen molar-refractivity contribution in [3.05, 3.63) is 70.2 Å². The first-order valence-corrected chi connectivity index (χ1v) is 7.31. The third-order valence-corrected chi connectivity index (χ3v) is 4.04. The second kappa shape index (κ2) is 6.71. The van der Waals surface area contributed by atoms with Gasteiger partial charge in [-0.15, -0.1) is 0 Å². The first-order valence-electron chi connectivity index (χ1n) is 6.51. The second-order valence-electron chi connectivity index (χ2n) is 4.75. The monoisotopic (exact) mass is 332 g/mol. The molecule has 0 N–H and O–H groups in total. The Labute approximate surface area is 127 Å². The fourth-order valence-corrected chi connectivity index (χ4v) is 2.64. The highest BCUT2D eigenvalue weighted by atomic mass is 79.9. The van der Waals surface area contributed by atoms with Crippen molar-refractivity contribution in [3.63, 3.8) is 0 Å². The molecule has 2 aromatic rings. The summed E-state index contributed by atoms with van der Waals surface area (Å²) in [6, 6.07) is 17.9. The number of ether oxygens (including phenoxy) is 1. The van der Waals surface area contributed by atoms with Crippen LogP contribution < -0.4 is 0 Å². The molecule has 2 atom stereocenters. The van der Waals surface area contributed by atoms with E-state index in [-0.39, 0.29) is 17.8 Å². The molecule has 0 unspecified atom stereocenters. The fraction of sp³-hybridized carbons (Fsp3) is 0.235. The standard InChI is InChI=1S/C17H17BrO2/c1-12(13-6-4-3-5-7-13)16(17(19)20-2)14-8-10-15(18)11-9-14/h3-12,16H,1-2H3/t12-,16+/m0/s1. The maximum atomic E-state index is 12.2. The molecular formula is C17H17BrO2. The largest absolute Gasteiger partial charge is 0.469 e. The molecule has 0 saturated carbocycles. The smallest absolute Gasteiger partial charge is 0.313 e. The SMILES string of the molecule is COC(=O)[C@@H](c1ccc(Br)cc1)[C@@H](C)c1ccccc1. The number of hydrogen-bond donors (Lipinski definition) is 0. The zero-order valence-corrected chi connectivity index (χ0v) is 13.1. The Balaban J connectivity index is 2.38. The summed E-state index contributed by atoms with van der Waals surface area (Å²) in [6.45, 7) is 2.05. The molecule has 0 spiro atoms. The predicted octanol–water partition coefficient (Wildman–Crippen LogP) is 4.51. The van der Waals surface area contributed by atoms with E-state index < -0.39 is 0 Å². The minimum Gasteiger partial charge on any atom is -0.469 e. The van der Waals surface area contributed by atoms with E-state index in [9.17, 15) is 4.79 Å². The van der Waals surface area contributed by atoms with E-state index in [0.29, 0.717) is 0 Å². The molecule has 0 aliphatic carbocycles. The molecule has 0 aliphatic heterocycles. The maximum Gasteiger partial charge on any atom is 0.313 e. The van der Waals surface area contributed by atoms with Gasteiger partial charge in [0.25, 0.3) is 0 Å². The van der Waals surface area contributed by atoms with Crippen molar-refractivity contribution in [1.29, 1.82) is 0 Å². The first-order chi connectivity index (χ1) is 9.63. The summed E-state index contributed by atoms with van der Waals surface area (Å²) >= 11 is 3.41. The van der Waals surface area contributed by atoms with Crippen LogP contribution in [0.25, 0.3) is 0 Å². The van der Waals surface area contributed by atoms with Gasteiger partial charge in [0, 0.05) is 4.47 Å². The summed E-state index contributed by atoms with van der Waals surface area (Å²) in [5.74, 6) is -0.441. The van der Waals surface area contributed by atoms with Gasteiger partial charge in [-0.2, -0.15) is 0 Å². The quantitative estimate of drug-likeness (QED) is 0.770. The molecule has 0 fully saturated rings. The van der Waals surface area contributed by atoms with Gasteiger partial charge in [0.05, 0.1) is 13.0 Å². The Hall–Kier alpha value is -1.61. The summed E-state index contributed by atoms with van der Waals surface area (Å²) < 4.78 is 5.99. The lowest BCUT2D eigenvalue weighted by atomic mass is 9.83. The van der Waals surface area contributed by atoms with Gasteiger partial charge < -0.3 is 4.74 Å². The minimum atomic E-state index is -0.296.